The molecule has 0 aliphatic carbocycles. The van der Waals surface area contributed by atoms with Crippen molar-refractivity contribution in [1.82, 2.24) is 9.97 Å². The minimum Gasteiger partial charge on any atom is -0.373 e. The van der Waals surface area contributed by atoms with Crippen LogP contribution in [0.3, 0.4) is 0 Å². The molecular formula is C16H22N4. The largest absolute Gasteiger partial charge is 0.373 e. The van der Waals surface area contributed by atoms with Gasteiger partial charge in [0.15, 0.2) is 0 Å². The van der Waals surface area contributed by atoms with Crippen molar-refractivity contribution in [2.24, 2.45) is 0 Å². The third-order valence-electron chi connectivity index (χ3n) is 3.30. The van der Waals surface area contributed by atoms with Gasteiger partial charge in [0.05, 0.1) is 0 Å². The molecule has 2 rings (SSSR count). The minimum absolute atomic E-state index is 0.874. The van der Waals surface area contributed by atoms with Gasteiger partial charge >= 0.3 is 0 Å². The van der Waals surface area contributed by atoms with Crippen molar-refractivity contribution < 1.29 is 0 Å². The Bertz CT molecular complexity index is 593. The molecular weight excluding hydrogens is 248 g/mol. The third kappa shape index (κ3) is 3.07. The lowest BCUT2D eigenvalue weighted by molar-refractivity contribution is 0.835. The molecule has 4 heteroatoms. The zero-order valence-corrected chi connectivity index (χ0v) is 12.6. The summed E-state index contributed by atoms with van der Waals surface area (Å²) < 4.78 is 0. The Balaban J connectivity index is 2.39. The van der Waals surface area contributed by atoms with Gasteiger partial charge in [-0.2, -0.15) is 0 Å². The number of hydrogen-bond donors (Lipinski definition) is 2. The van der Waals surface area contributed by atoms with Crippen molar-refractivity contribution in [3.63, 3.8) is 0 Å². The van der Waals surface area contributed by atoms with Crippen molar-refractivity contribution in [1.29, 1.82) is 0 Å². The molecule has 0 unspecified atom stereocenters. The SMILES string of the molecule is CCCc1nc(NC)c(C)c(Nc2ccccc2C)n1. The van der Waals surface area contributed by atoms with Crippen molar-refractivity contribution in [2.75, 3.05) is 17.7 Å². The number of nitrogens with zero attached hydrogens (tertiary/aromatic N) is 2. The zero-order chi connectivity index (χ0) is 14.5. The fraction of sp³-hybridized carbons (Fsp3) is 0.375. The number of benzene rings is 1. The molecule has 2 N–H and O–H groups in total. The lowest BCUT2D eigenvalue weighted by Gasteiger charge is -2.14. The summed E-state index contributed by atoms with van der Waals surface area (Å²) in [5.74, 6) is 2.64. The van der Waals surface area contributed by atoms with E-state index >= 15 is 0 Å². The van der Waals surface area contributed by atoms with E-state index < -0.39 is 0 Å². The molecule has 0 atom stereocenters. The molecule has 0 saturated carbocycles. The molecule has 4 nitrogen and oxygen atoms in total. The quantitative estimate of drug-likeness (QED) is 0.867. The summed E-state index contributed by atoms with van der Waals surface area (Å²) in [6, 6.07) is 8.22. The molecule has 1 heterocycles. The Morgan fingerprint density at radius 2 is 1.75 bits per heavy atom. The summed E-state index contributed by atoms with van der Waals surface area (Å²) in [6.45, 7) is 6.25. The van der Waals surface area contributed by atoms with E-state index in [4.69, 9.17) is 0 Å². The van der Waals surface area contributed by atoms with Crippen LogP contribution in [0.4, 0.5) is 17.3 Å². The first-order valence-corrected chi connectivity index (χ1v) is 7.03. The minimum atomic E-state index is 0.874. The summed E-state index contributed by atoms with van der Waals surface area (Å²) in [4.78, 5) is 9.19. The van der Waals surface area contributed by atoms with Gasteiger partial charge in [-0.3, -0.25) is 0 Å². The number of aromatic nitrogens is 2. The van der Waals surface area contributed by atoms with Crippen molar-refractivity contribution in [3.05, 3.63) is 41.2 Å². The van der Waals surface area contributed by atoms with Crippen LogP contribution in [-0.4, -0.2) is 17.0 Å². The van der Waals surface area contributed by atoms with Gasteiger partial charge in [-0.15, -0.1) is 0 Å². The van der Waals surface area contributed by atoms with Gasteiger partial charge in [0.2, 0.25) is 0 Å². The molecule has 2 aromatic rings. The molecule has 0 radical (unpaired) electrons. The average Bonchev–Trinajstić information content (AvgIpc) is 2.45. The van der Waals surface area contributed by atoms with E-state index in [0.717, 1.165) is 41.6 Å². The van der Waals surface area contributed by atoms with Gasteiger partial charge in [0.1, 0.15) is 17.5 Å². The Labute approximate surface area is 120 Å². The number of aryl methyl sites for hydroxylation is 2. The number of anilines is 3. The lowest BCUT2D eigenvalue weighted by atomic mass is 10.2. The summed E-state index contributed by atoms with van der Waals surface area (Å²) >= 11 is 0. The van der Waals surface area contributed by atoms with Crippen LogP contribution in [0.1, 0.15) is 30.3 Å². The van der Waals surface area contributed by atoms with Crippen molar-refractivity contribution in [3.8, 4) is 0 Å². The maximum Gasteiger partial charge on any atom is 0.139 e. The van der Waals surface area contributed by atoms with Gasteiger partial charge < -0.3 is 10.6 Å². The average molecular weight is 270 g/mol. The van der Waals surface area contributed by atoms with Crippen LogP contribution >= 0.6 is 0 Å². The maximum absolute atomic E-state index is 4.64. The zero-order valence-electron chi connectivity index (χ0n) is 12.6. The number of rotatable bonds is 5. The topological polar surface area (TPSA) is 49.8 Å². The molecule has 106 valence electrons. The van der Waals surface area contributed by atoms with Crippen LogP contribution in [0.25, 0.3) is 0 Å². The Morgan fingerprint density at radius 1 is 1.05 bits per heavy atom. The number of para-hydroxylation sites is 1. The normalized spacial score (nSPS) is 10.4. The first-order valence-electron chi connectivity index (χ1n) is 7.03. The first-order chi connectivity index (χ1) is 9.65. The second-order valence-corrected chi connectivity index (χ2v) is 4.90. The van der Waals surface area contributed by atoms with E-state index in [1.807, 2.05) is 26.1 Å². The molecule has 0 spiro atoms. The molecule has 0 amide bonds. The van der Waals surface area contributed by atoms with E-state index in [0.29, 0.717) is 0 Å². The highest BCUT2D eigenvalue weighted by Crippen LogP contribution is 2.25. The highest BCUT2D eigenvalue weighted by molar-refractivity contribution is 5.66. The monoisotopic (exact) mass is 270 g/mol. The van der Waals surface area contributed by atoms with Crippen LogP contribution in [-0.2, 0) is 6.42 Å². The highest BCUT2D eigenvalue weighted by Gasteiger charge is 2.10. The predicted molar refractivity (Wildman–Crippen MR) is 84.8 cm³/mol. The van der Waals surface area contributed by atoms with Crippen LogP contribution in [0.15, 0.2) is 24.3 Å². The lowest BCUT2D eigenvalue weighted by Crippen LogP contribution is -2.07. The second kappa shape index (κ2) is 6.37. The molecule has 0 aliphatic heterocycles. The maximum atomic E-state index is 4.64. The molecule has 0 saturated heterocycles. The smallest absolute Gasteiger partial charge is 0.139 e. The van der Waals surface area contributed by atoms with Crippen LogP contribution in [0.2, 0.25) is 0 Å². The van der Waals surface area contributed by atoms with Crippen LogP contribution in [0.5, 0.6) is 0 Å². The van der Waals surface area contributed by atoms with Crippen LogP contribution < -0.4 is 10.6 Å². The predicted octanol–water partition coefficient (Wildman–Crippen LogP) is 3.83. The molecule has 1 aromatic heterocycles. The van der Waals surface area contributed by atoms with E-state index in [1.165, 1.54) is 5.56 Å². The van der Waals surface area contributed by atoms with Gasteiger partial charge in [0.25, 0.3) is 0 Å². The molecule has 1 aromatic carbocycles. The molecule has 20 heavy (non-hydrogen) atoms. The standard InChI is InChI=1S/C16H22N4/c1-5-8-14-19-15(17-4)12(3)16(20-14)18-13-10-7-6-9-11(13)2/h6-7,9-10H,5,8H2,1-4H3,(H2,17,18,19,20). The third-order valence-corrected chi connectivity index (χ3v) is 3.30. The van der Waals surface area contributed by atoms with Gasteiger partial charge in [-0.25, -0.2) is 9.97 Å². The molecule has 0 bridgehead atoms. The fourth-order valence-electron chi connectivity index (χ4n) is 2.10. The summed E-state index contributed by atoms with van der Waals surface area (Å²) in [5.41, 5.74) is 3.32. The molecule has 0 fully saturated rings. The van der Waals surface area contributed by atoms with Crippen LogP contribution in [0, 0.1) is 13.8 Å². The van der Waals surface area contributed by atoms with Gasteiger partial charge in [-0.05, 0) is 31.9 Å². The number of hydrogen-bond acceptors (Lipinski definition) is 4. The Hall–Kier alpha value is -2.10. The van der Waals surface area contributed by atoms with E-state index in [2.05, 4.69) is 46.6 Å². The van der Waals surface area contributed by atoms with Crippen molar-refractivity contribution >= 4 is 17.3 Å². The van der Waals surface area contributed by atoms with Crippen molar-refractivity contribution in [2.45, 2.75) is 33.6 Å². The molecule has 0 aliphatic rings. The Kier molecular flexibility index (Phi) is 4.56. The summed E-state index contributed by atoms with van der Waals surface area (Å²) in [7, 11) is 1.89. The van der Waals surface area contributed by atoms with E-state index in [-0.39, 0.29) is 0 Å². The number of nitrogens with one attached hydrogen (secondary N) is 2. The summed E-state index contributed by atoms with van der Waals surface area (Å²) in [5, 5.41) is 6.57. The fourth-order valence-corrected chi connectivity index (χ4v) is 2.10. The Morgan fingerprint density at radius 3 is 2.40 bits per heavy atom. The van der Waals surface area contributed by atoms with Gasteiger partial charge in [0, 0.05) is 24.7 Å². The first kappa shape index (κ1) is 14.3. The summed E-state index contributed by atoms with van der Waals surface area (Å²) in [6.07, 6.45) is 1.92. The highest BCUT2D eigenvalue weighted by atomic mass is 15.1. The second-order valence-electron chi connectivity index (χ2n) is 4.90. The van der Waals surface area contributed by atoms with E-state index in [9.17, 15) is 0 Å². The van der Waals surface area contributed by atoms with Gasteiger partial charge in [-0.1, -0.05) is 25.1 Å². The van der Waals surface area contributed by atoms with E-state index in [1.54, 1.807) is 0 Å².